The topological polar surface area (TPSA) is 95.2 Å². The lowest BCUT2D eigenvalue weighted by Gasteiger charge is -2.14. The Morgan fingerprint density at radius 3 is 2.41 bits per heavy atom. The highest BCUT2D eigenvalue weighted by Gasteiger charge is 2.30. The molecule has 1 N–H and O–H groups in total. The van der Waals surface area contributed by atoms with Gasteiger partial charge in [-0.1, -0.05) is 0 Å². The van der Waals surface area contributed by atoms with Crippen molar-refractivity contribution in [1.29, 1.82) is 0 Å². The van der Waals surface area contributed by atoms with Gasteiger partial charge in [0, 0.05) is 43.5 Å². The van der Waals surface area contributed by atoms with E-state index in [0.717, 1.165) is 40.6 Å². The molecule has 8 nitrogen and oxygen atoms in total. The second-order valence-corrected chi connectivity index (χ2v) is 7.85. The van der Waals surface area contributed by atoms with Crippen molar-refractivity contribution in [2.75, 3.05) is 18.2 Å². The molecule has 0 atom stereocenters. The molecule has 32 heavy (non-hydrogen) atoms. The molecule has 0 radical (unpaired) electrons. The summed E-state index contributed by atoms with van der Waals surface area (Å²) in [7, 11) is 4.30. The molecule has 0 aliphatic carbocycles. The Morgan fingerprint density at radius 1 is 1.16 bits per heavy atom. The molecular formula is C20H19F3N4O4S. The van der Waals surface area contributed by atoms with Crippen molar-refractivity contribution in [2.24, 2.45) is 14.1 Å². The number of alkyl halides is 3. The minimum atomic E-state index is -4.47. The zero-order valence-electron chi connectivity index (χ0n) is 17.3. The van der Waals surface area contributed by atoms with Crippen molar-refractivity contribution >= 4 is 34.4 Å². The molecule has 0 saturated heterocycles. The van der Waals surface area contributed by atoms with Gasteiger partial charge in [0.25, 0.3) is 5.56 Å². The van der Waals surface area contributed by atoms with Crippen molar-refractivity contribution in [2.45, 2.75) is 17.7 Å². The number of nitrogens with one attached hydrogen (secondary N) is 1. The van der Waals surface area contributed by atoms with Crippen molar-refractivity contribution in [3.63, 3.8) is 0 Å². The minimum absolute atomic E-state index is 0.123. The van der Waals surface area contributed by atoms with Gasteiger partial charge in [-0.2, -0.15) is 13.2 Å². The minimum Gasteiger partial charge on any atom is -0.380 e. The van der Waals surface area contributed by atoms with Crippen LogP contribution in [0.1, 0.15) is 11.1 Å². The van der Waals surface area contributed by atoms with Crippen LogP contribution < -0.4 is 16.6 Å². The maximum Gasteiger partial charge on any atom is 0.416 e. The van der Waals surface area contributed by atoms with E-state index in [1.165, 1.54) is 32.0 Å². The number of thioether (sulfide) groups is 1. The normalized spacial score (nSPS) is 11.7. The predicted molar refractivity (Wildman–Crippen MR) is 114 cm³/mol. The highest BCUT2D eigenvalue weighted by molar-refractivity contribution is 8.00. The van der Waals surface area contributed by atoms with Crippen LogP contribution in [0.15, 0.2) is 44.9 Å². The number of rotatable bonds is 6. The van der Waals surface area contributed by atoms with E-state index in [1.54, 1.807) is 0 Å². The maximum atomic E-state index is 12.8. The van der Waals surface area contributed by atoms with Crippen molar-refractivity contribution < 1.29 is 22.7 Å². The summed E-state index contributed by atoms with van der Waals surface area (Å²) < 4.78 is 45.4. The van der Waals surface area contributed by atoms with Gasteiger partial charge >= 0.3 is 11.9 Å². The number of anilines is 1. The number of aryl methyl sites for hydroxylation is 1. The second kappa shape index (κ2) is 9.17. The number of nitrogens with zero attached hydrogens (tertiary/aromatic N) is 3. The molecule has 0 aliphatic rings. The number of hydrogen-bond donors (Lipinski definition) is 1. The summed E-state index contributed by atoms with van der Waals surface area (Å²) in [6, 6.07) is 4.07. The maximum absolute atomic E-state index is 12.8. The van der Waals surface area contributed by atoms with Crippen LogP contribution in [-0.2, 0) is 36.4 Å². The first-order valence-corrected chi connectivity index (χ1v) is 10.2. The molecule has 0 spiro atoms. The largest absolute Gasteiger partial charge is 0.416 e. The summed E-state index contributed by atoms with van der Waals surface area (Å²) in [5, 5.41) is 2.70. The number of benzene rings is 1. The standard InChI is InChI=1S/C20H19F3N4O4S/c1-26-17-15(18(29)27(2)19(26)30)16(11(8-24-17)9-31-3)32-10-14(28)25-13-6-4-12(5-7-13)20(21,22)23/h4-8H,9-10H2,1-3H3,(H,25,28). The van der Waals surface area contributed by atoms with E-state index in [4.69, 9.17) is 4.74 Å². The van der Waals surface area contributed by atoms with Crippen LogP contribution in [0.3, 0.4) is 0 Å². The number of carbonyl (C=O) groups excluding carboxylic acids is 1. The first-order valence-electron chi connectivity index (χ1n) is 9.21. The lowest BCUT2D eigenvalue weighted by atomic mass is 10.2. The molecule has 1 amide bonds. The third kappa shape index (κ3) is 4.70. The van der Waals surface area contributed by atoms with Gasteiger partial charge in [-0.05, 0) is 24.3 Å². The quantitative estimate of drug-likeness (QED) is 0.559. The molecule has 0 fully saturated rings. The number of ether oxygens (including phenoxy) is 1. The summed E-state index contributed by atoms with van der Waals surface area (Å²) in [4.78, 5) is 42.0. The van der Waals surface area contributed by atoms with Crippen molar-refractivity contribution in [1.82, 2.24) is 14.1 Å². The molecule has 0 unspecified atom stereocenters. The smallest absolute Gasteiger partial charge is 0.380 e. The molecule has 0 saturated carbocycles. The van der Waals surface area contributed by atoms with Gasteiger partial charge in [-0.15, -0.1) is 11.8 Å². The molecule has 2 aromatic heterocycles. The van der Waals surface area contributed by atoms with Crippen LogP contribution in [0, 0.1) is 0 Å². The molecule has 3 rings (SSSR count). The second-order valence-electron chi connectivity index (χ2n) is 6.86. The van der Waals surface area contributed by atoms with Gasteiger partial charge in [-0.3, -0.25) is 18.7 Å². The number of halogens is 3. The van der Waals surface area contributed by atoms with Gasteiger partial charge in [0.15, 0.2) is 0 Å². The SMILES string of the molecule is COCc1cnc2c(c1SCC(=O)Nc1ccc(C(F)(F)F)cc1)c(=O)n(C)c(=O)n2C. The Bertz CT molecular complexity index is 1280. The number of methoxy groups -OCH3 is 1. The number of carbonyl (C=O) groups is 1. The zero-order chi connectivity index (χ0) is 23.6. The Labute approximate surface area is 184 Å². The highest BCUT2D eigenvalue weighted by Crippen LogP contribution is 2.31. The number of fused-ring (bicyclic) bond motifs is 1. The summed E-state index contributed by atoms with van der Waals surface area (Å²) in [6.45, 7) is 0.123. The molecular weight excluding hydrogens is 449 g/mol. The van der Waals surface area contributed by atoms with E-state index in [2.05, 4.69) is 10.3 Å². The molecule has 1 aromatic carbocycles. The fourth-order valence-corrected chi connectivity index (χ4v) is 4.01. The van der Waals surface area contributed by atoms with Crippen LogP contribution in [0.4, 0.5) is 18.9 Å². The van der Waals surface area contributed by atoms with Gasteiger partial charge < -0.3 is 10.1 Å². The van der Waals surface area contributed by atoms with E-state index >= 15 is 0 Å². The molecule has 170 valence electrons. The first kappa shape index (κ1) is 23.5. The molecule has 0 aliphatic heterocycles. The summed E-state index contributed by atoms with van der Waals surface area (Å²) in [5.41, 5.74) is -0.978. The van der Waals surface area contributed by atoms with Crippen LogP contribution >= 0.6 is 11.8 Å². The molecule has 2 heterocycles. The lowest BCUT2D eigenvalue weighted by molar-refractivity contribution is -0.137. The number of amides is 1. The fraction of sp³-hybridized carbons (Fsp3) is 0.300. The van der Waals surface area contributed by atoms with E-state index in [1.807, 2.05) is 0 Å². The average Bonchev–Trinajstić information content (AvgIpc) is 2.75. The van der Waals surface area contributed by atoms with Gasteiger partial charge in [0.05, 0.1) is 23.3 Å². The fourth-order valence-electron chi connectivity index (χ4n) is 3.04. The number of pyridine rings is 1. The average molecular weight is 468 g/mol. The van der Waals surface area contributed by atoms with E-state index in [0.29, 0.717) is 10.5 Å². The predicted octanol–water partition coefficient (Wildman–Crippen LogP) is 2.53. The molecule has 3 aromatic rings. The first-order chi connectivity index (χ1) is 15.0. The zero-order valence-corrected chi connectivity index (χ0v) is 18.1. The third-order valence-corrected chi connectivity index (χ3v) is 5.80. The van der Waals surface area contributed by atoms with E-state index < -0.39 is 28.9 Å². The lowest BCUT2D eigenvalue weighted by Crippen LogP contribution is -2.37. The van der Waals surface area contributed by atoms with E-state index in [-0.39, 0.29) is 29.1 Å². The van der Waals surface area contributed by atoms with Gasteiger partial charge in [0.2, 0.25) is 5.91 Å². The Balaban J connectivity index is 1.89. The Morgan fingerprint density at radius 2 is 1.81 bits per heavy atom. The van der Waals surface area contributed by atoms with Gasteiger partial charge in [0.1, 0.15) is 5.65 Å². The number of aromatic nitrogens is 3. The Hall–Kier alpha value is -3.12. The monoisotopic (exact) mass is 468 g/mol. The van der Waals surface area contributed by atoms with Gasteiger partial charge in [-0.25, -0.2) is 9.78 Å². The van der Waals surface area contributed by atoms with Crippen LogP contribution in [0.2, 0.25) is 0 Å². The van der Waals surface area contributed by atoms with Crippen molar-refractivity contribution in [3.05, 3.63) is 62.4 Å². The van der Waals surface area contributed by atoms with Crippen molar-refractivity contribution in [3.8, 4) is 0 Å². The third-order valence-electron chi connectivity index (χ3n) is 4.64. The Kier molecular flexibility index (Phi) is 6.74. The van der Waals surface area contributed by atoms with E-state index in [9.17, 15) is 27.6 Å². The number of hydrogen-bond acceptors (Lipinski definition) is 6. The summed E-state index contributed by atoms with van der Waals surface area (Å²) >= 11 is 1.05. The van der Waals surface area contributed by atoms with Crippen LogP contribution in [0.5, 0.6) is 0 Å². The highest BCUT2D eigenvalue weighted by atomic mass is 32.2. The summed E-state index contributed by atoms with van der Waals surface area (Å²) in [5.74, 6) is -0.618. The molecule has 12 heteroatoms. The van der Waals surface area contributed by atoms with Crippen LogP contribution in [-0.4, -0.2) is 32.9 Å². The van der Waals surface area contributed by atoms with Crippen LogP contribution in [0.25, 0.3) is 11.0 Å². The molecule has 0 bridgehead atoms. The summed E-state index contributed by atoms with van der Waals surface area (Å²) in [6.07, 6.45) is -2.99.